The highest BCUT2D eigenvalue weighted by Crippen LogP contribution is 2.21. The molecule has 1 aromatic carbocycles. The average molecular weight is 391 g/mol. The van der Waals surface area contributed by atoms with Gasteiger partial charge in [0.2, 0.25) is 4.96 Å². The van der Waals surface area contributed by atoms with E-state index in [1.54, 1.807) is 16.6 Å². The predicted octanol–water partition coefficient (Wildman–Crippen LogP) is 1.02. The zero-order valence-electron chi connectivity index (χ0n) is 14.6. The fourth-order valence-electron chi connectivity index (χ4n) is 2.38. The zero-order chi connectivity index (χ0) is 19.2. The molecule has 0 unspecified atom stereocenters. The van der Waals surface area contributed by atoms with Crippen molar-refractivity contribution in [2.75, 3.05) is 26.8 Å². The van der Waals surface area contributed by atoms with Crippen LogP contribution in [0.4, 0.5) is 4.39 Å². The quantitative estimate of drug-likeness (QED) is 0.463. The maximum absolute atomic E-state index is 13.4. The number of hydrogen-bond acceptors (Lipinski definition) is 6. The van der Waals surface area contributed by atoms with Crippen molar-refractivity contribution in [2.24, 2.45) is 0 Å². The van der Waals surface area contributed by atoms with E-state index in [2.05, 4.69) is 20.7 Å². The summed E-state index contributed by atoms with van der Waals surface area (Å²) in [7, 11) is 1.51. The monoisotopic (exact) mass is 391 g/mol. The Balaban J connectivity index is 1.59. The number of thiazole rings is 1. The van der Waals surface area contributed by atoms with Gasteiger partial charge in [-0.15, -0.1) is 16.4 Å². The molecule has 27 heavy (non-hydrogen) atoms. The lowest BCUT2D eigenvalue weighted by Crippen LogP contribution is -2.41. The third-order valence-corrected chi connectivity index (χ3v) is 4.56. The van der Waals surface area contributed by atoms with Crippen LogP contribution in [0.3, 0.4) is 0 Å². The van der Waals surface area contributed by atoms with Crippen molar-refractivity contribution in [3.63, 3.8) is 0 Å². The minimum absolute atomic E-state index is 0.274. The van der Waals surface area contributed by atoms with Gasteiger partial charge < -0.3 is 15.4 Å². The first kappa shape index (κ1) is 18.9. The summed E-state index contributed by atoms with van der Waals surface area (Å²) in [4.78, 5) is 28.4. The first-order chi connectivity index (χ1) is 13.1. The Bertz CT molecular complexity index is 955. The van der Waals surface area contributed by atoms with Gasteiger partial charge in [0, 0.05) is 37.6 Å². The van der Waals surface area contributed by atoms with Gasteiger partial charge in [0.15, 0.2) is 5.82 Å². The van der Waals surface area contributed by atoms with E-state index in [9.17, 15) is 14.0 Å². The number of nitrogens with zero attached hydrogens (tertiary/aromatic N) is 3. The van der Waals surface area contributed by atoms with E-state index in [4.69, 9.17) is 4.74 Å². The molecule has 2 aromatic heterocycles. The Morgan fingerprint density at radius 3 is 2.78 bits per heavy atom. The Morgan fingerprint density at radius 2 is 2.04 bits per heavy atom. The maximum Gasteiger partial charge on any atom is 0.309 e. The van der Waals surface area contributed by atoms with Crippen molar-refractivity contribution in [3.8, 4) is 11.4 Å². The second kappa shape index (κ2) is 8.69. The topological polar surface area (TPSA) is 97.6 Å². The summed E-state index contributed by atoms with van der Waals surface area (Å²) in [6, 6.07) is 6.08. The molecule has 0 atom stereocenters. The summed E-state index contributed by atoms with van der Waals surface area (Å²) < 4.78 is 19.8. The molecule has 3 aromatic rings. The lowest BCUT2D eigenvalue weighted by molar-refractivity contribution is -0.139. The van der Waals surface area contributed by atoms with E-state index < -0.39 is 11.8 Å². The number of nitrogens with one attached hydrogen (secondary N) is 2. The van der Waals surface area contributed by atoms with E-state index >= 15 is 0 Å². The van der Waals surface area contributed by atoms with Gasteiger partial charge in [-0.3, -0.25) is 9.59 Å². The molecule has 2 heterocycles. The number of carbonyl (C=O) groups is 2. The highest BCUT2D eigenvalue weighted by Gasteiger charge is 2.14. The van der Waals surface area contributed by atoms with Crippen LogP contribution in [-0.4, -0.2) is 53.2 Å². The van der Waals surface area contributed by atoms with Crippen LogP contribution in [0.2, 0.25) is 0 Å². The molecule has 0 aliphatic carbocycles. The van der Waals surface area contributed by atoms with Crippen molar-refractivity contribution in [2.45, 2.75) is 6.42 Å². The van der Waals surface area contributed by atoms with Crippen molar-refractivity contribution < 1.29 is 18.7 Å². The standard InChI is InChI=1S/C17H18FN5O3S/c1-26-8-7-20-16(25)15(24)19-6-5-13-10-27-17-21-14(22-23(13)17)11-3-2-4-12(18)9-11/h2-4,9-10H,5-8H2,1H3,(H,19,24)(H,20,25). The molecule has 2 N–H and O–H groups in total. The summed E-state index contributed by atoms with van der Waals surface area (Å²) in [6.45, 7) is 0.888. The minimum Gasteiger partial charge on any atom is -0.383 e. The third kappa shape index (κ3) is 4.66. The largest absolute Gasteiger partial charge is 0.383 e. The third-order valence-electron chi connectivity index (χ3n) is 3.70. The molecule has 142 valence electrons. The fourth-order valence-corrected chi connectivity index (χ4v) is 3.23. The van der Waals surface area contributed by atoms with E-state index in [1.807, 2.05) is 5.38 Å². The number of benzene rings is 1. The molecule has 0 saturated heterocycles. The summed E-state index contributed by atoms with van der Waals surface area (Å²) in [5.41, 5.74) is 1.43. The van der Waals surface area contributed by atoms with Gasteiger partial charge in [0.25, 0.3) is 0 Å². The first-order valence-electron chi connectivity index (χ1n) is 8.22. The molecule has 0 aliphatic heterocycles. The Morgan fingerprint density at radius 1 is 1.26 bits per heavy atom. The highest BCUT2D eigenvalue weighted by atomic mass is 32.1. The molecule has 0 radical (unpaired) electrons. The molecular formula is C17H18FN5O3S. The lowest BCUT2D eigenvalue weighted by Gasteiger charge is -2.05. The Hall–Kier alpha value is -2.85. The second-order valence-electron chi connectivity index (χ2n) is 5.62. The number of methoxy groups -OCH3 is 1. The smallest absolute Gasteiger partial charge is 0.309 e. The molecule has 0 saturated carbocycles. The molecule has 0 bridgehead atoms. The summed E-state index contributed by atoms with van der Waals surface area (Å²) in [5.74, 6) is -1.31. The van der Waals surface area contributed by atoms with Crippen molar-refractivity contribution in [3.05, 3.63) is 41.2 Å². The number of hydrogen-bond donors (Lipinski definition) is 2. The highest BCUT2D eigenvalue weighted by molar-refractivity contribution is 7.15. The van der Waals surface area contributed by atoms with Gasteiger partial charge in [-0.05, 0) is 12.1 Å². The van der Waals surface area contributed by atoms with E-state index in [1.165, 1.54) is 30.6 Å². The van der Waals surface area contributed by atoms with Crippen LogP contribution in [0.25, 0.3) is 16.3 Å². The zero-order valence-corrected chi connectivity index (χ0v) is 15.4. The van der Waals surface area contributed by atoms with Gasteiger partial charge in [-0.2, -0.15) is 4.98 Å². The van der Waals surface area contributed by atoms with Crippen LogP contribution in [0, 0.1) is 5.82 Å². The predicted molar refractivity (Wildman–Crippen MR) is 97.9 cm³/mol. The Kier molecular flexibility index (Phi) is 6.09. The second-order valence-corrected chi connectivity index (χ2v) is 6.46. The van der Waals surface area contributed by atoms with Crippen LogP contribution in [0.1, 0.15) is 5.69 Å². The number of halogens is 1. The van der Waals surface area contributed by atoms with Crippen molar-refractivity contribution >= 4 is 28.1 Å². The summed E-state index contributed by atoms with van der Waals surface area (Å²) in [6.07, 6.45) is 0.475. The Labute approximate surface area is 158 Å². The first-order valence-corrected chi connectivity index (χ1v) is 9.10. The van der Waals surface area contributed by atoms with Gasteiger partial charge in [0.05, 0.1) is 12.3 Å². The minimum atomic E-state index is -0.698. The average Bonchev–Trinajstić information content (AvgIpc) is 3.23. The van der Waals surface area contributed by atoms with Crippen LogP contribution in [-0.2, 0) is 20.7 Å². The van der Waals surface area contributed by atoms with Crippen molar-refractivity contribution in [1.82, 2.24) is 25.2 Å². The van der Waals surface area contributed by atoms with Gasteiger partial charge in [-0.25, -0.2) is 8.91 Å². The number of fused-ring (bicyclic) bond motifs is 1. The summed E-state index contributed by atoms with van der Waals surface area (Å²) in [5, 5.41) is 11.3. The fraction of sp³-hybridized carbons (Fsp3) is 0.294. The molecule has 2 amide bonds. The number of rotatable bonds is 7. The number of aromatic nitrogens is 3. The number of amides is 2. The van der Waals surface area contributed by atoms with Crippen LogP contribution in [0.5, 0.6) is 0 Å². The van der Waals surface area contributed by atoms with Gasteiger partial charge in [0.1, 0.15) is 5.82 Å². The molecule has 0 aliphatic rings. The van der Waals surface area contributed by atoms with Gasteiger partial charge >= 0.3 is 11.8 Å². The van der Waals surface area contributed by atoms with E-state index in [0.717, 1.165) is 5.69 Å². The molecule has 10 heteroatoms. The lowest BCUT2D eigenvalue weighted by atomic mass is 10.2. The van der Waals surface area contributed by atoms with E-state index in [0.29, 0.717) is 29.4 Å². The number of carbonyl (C=O) groups excluding carboxylic acids is 2. The summed E-state index contributed by atoms with van der Waals surface area (Å²) >= 11 is 1.40. The molecule has 8 nitrogen and oxygen atoms in total. The van der Waals surface area contributed by atoms with Crippen LogP contribution >= 0.6 is 11.3 Å². The number of ether oxygens (including phenoxy) is 1. The molecule has 0 spiro atoms. The van der Waals surface area contributed by atoms with Crippen molar-refractivity contribution in [1.29, 1.82) is 0 Å². The molecule has 3 rings (SSSR count). The van der Waals surface area contributed by atoms with Gasteiger partial charge in [-0.1, -0.05) is 12.1 Å². The molecule has 0 fully saturated rings. The SMILES string of the molecule is COCCNC(=O)C(=O)NCCc1csc2nc(-c3cccc(F)c3)nn12. The normalized spacial score (nSPS) is 10.9. The maximum atomic E-state index is 13.4. The van der Waals surface area contributed by atoms with Crippen LogP contribution < -0.4 is 10.6 Å². The van der Waals surface area contributed by atoms with Crippen LogP contribution in [0.15, 0.2) is 29.6 Å². The molecular weight excluding hydrogens is 373 g/mol. The van der Waals surface area contributed by atoms with E-state index in [-0.39, 0.29) is 18.9 Å².